The highest BCUT2D eigenvalue weighted by molar-refractivity contribution is 5.99. The maximum atomic E-state index is 6.21. The summed E-state index contributed by atoms with van der Waals surface area (Å²) in [6.07, 6.45) is 5.15. The van der Waals surface area contributed by atoms with Gasteiger partial charge >= 0.3 is 0 Å². The van der Waals surface area contributed by atoms with E-state index in [1.54, 1.807) is 6.20 Å². The van der Waals surface area contributed by atoms with Crippen LogP contribution in [-0.2, 0) is 10.3 Å². The third-order valence-corrected chi connectivity index (χ3v) is 5.48. The van der Waals surface area contributed by atoms with Crippen molar-refractivity contribution in [1.82, 2.24) is 29.7 Å². The summed E-state index contributed by atoms with van der Waals surface area (Å²) in [5.41, 5.74) is 9.12. The number of fused-ring (bicyclic) bond motifs is 2. The molecule has 2 unspecified atom stereocenters. The number of ether oxygens (including phenoxy) is 1. The van der Waals surface area contributed by atoms with Gasteiger partial charge in [-0.15, -0.1) is 0 Å². The zero-order valence-corrected chi connectivity index (χ0v) is 14.6. The molecule has 0 aromatic carbocycles. The van der Waals surface area contributed by atoms with Gasteiger partial charge in [-0.25, -0.2) is 19.6 Å². The van der Waals surface area contributed by atoms with E-state index in [1.165, 1.54) is 6.33 Å². The van der Waals surface area contributed by atoms with Crippen molar-refractivity contribution in [3.8, 4) is 11.3 Å². The van der Waals surface area contributed by atoms with Crippen molar-refractivity contribution in [3.05, 3.63) is 30.9 Å². The average Bonchev–Trinajstić information content (AvgIpc) is 3.33. The molecule has 0 spiro atoms. The molecular weight excluding hydrogens is 330 g/mol. The molecule has 0 saturated carbocycles. The van der Waals surface area contributed by atoms with E-state index >= 15 is 0 Å². The maximum absolute atomic E-state index is 6.21. The van der Waals surface area contributed by atoms with E-state index in [4.69, 9.17) is 15.6 Å². The number of rotatable bonds is 2. The third-order valence-electron chi connectivity index (χ3n) is 5.48. The molecule has 1 aliphatic rings. The standard InChI is InChI=1S/C18H19N7O/c1-10-7-26-8-18(10,2)25-17-13(15(19)22-9-23-17)14(24-25)12-5-11-3-4-20-16(11)21-6-12/h3-6,9-10H,7-8H2,1-2H3,(H,20,21)(H2,19,22,23). The maximum Gasteiger partial charge on any atom is 0.164 e. The number of nitrogens with one attached hydrogen (secondary N) is 1. The molecule has 4 aromatic heterocycles. The molecule has 132 valence electrons. The molecule has 1 aliphatic heterocycles. The molecule has 8 heteroatoms. The SMILES string of the molecule is CC1COCC1(C)n1nc(-c2cnc3[nH]ccc3c2)c2c(N)ncnc21. The quantitative estimate of drug-likeness (QED) is 0.575. The van der Waals surface area contributed by atoms with Gasteiger partial charge in [0.05, 0.1) is 24.1 Å². The average molecular weight is 349 g/mol. The second kappa shape index (κ2) is 5.25. The van der Waals surface area contributed by atoms with E-state index in [0.717, 1.165) is 33.3 Å². The van der Waals surface area contributed by atoms with Gasteiger partial charge in [-0.3, -0.25) is 0 Å². The Balaban J connectivity index is 1.80. The molecule has 8 nitrogen and oxygen atoms in total. The van der Waals surface area contributed by atoms with Gasteiger partial charge in [-0.05, 0) is 19.1 Å². The lowest BCUT2D eigenvalue weighted by molar-refractivity contribution is 0.157. The molecular formula is C18H19N7O. The van der Waals surface area contributed by atoms with Crippen LogP contribution in [0, 0.1) is 5.92 Å². The van der Waals surface area contributed by atoms with Crippen molar-refractivity contribution in [2.75, 3.05) is 18.9 Å². The molecule has 0 bridgehead atoms. The van der Waals surface area contributed by atoms with Gasteiger partial charge in [0.2, 0.25) is 0 Å². The fraction of sp³-hybridized carbons (Fsp3) is 0.333. The van der Waals surface area contributed by atoms with E-state index in [-0.39, 0.29) is 5.54 Å². The smallest absolute Gasteiger partial charge is 0.164 e. The van der Waals surface area contributed by atoms with Crippen molar-refractivity contribution in [2.45, 2.75) is 19.4 Å². The van der Waals surface area contributed by atoms with E-state index < -0.39 is 0 Å². The van der Waals surface area contributed by atoms with E-state index in [1.807, 2.05) is 23.0 Å². The van der Waals surface area contributed by atoms with Crippen LogP contribution in [0.3, 0.4) is 0 Å². The second-order valence-corrected chi connectivity index (χ2v) is 7.13. The molecule has 5 rings (SSSR count). The van der Waals surface area contributed by atoms with Gasteiger partial charge in [0.25, 0.3) is 0 Å². The highest BCUT2D eigenvalue weighted by Gasteiger charge is 2.41. The van der Waals surface area contributed by atoms with Crippen LogP contribution in [0.4, 0.5) is 5.82 Å². The summed E-state index contributed by atoms with van der Waals surface area (Å²) >= 11 is 0. The monoisotopic (exact) mass is 349 g/mol. The lowest BCUT2D eigenvalue weighted by Crippen LogP contribution is -2.37. The number of hydrogen-bond donors (Lipinski definition) is 2. The van der Waals surface area contributed by atoms with Crippen molar-refractivity contribution < 1.29 is 4.74 Å². The third kappa shape index (κ3) is 1.99. The van der Waals surface area contributed by atoms with E-state index in [9.17, 15) is 0 Å². The zero-order chi connectivity index (χ0) is 17.9. The Labute approximate surface area is 149 Å². The van der Waals surface area contributed by atoms with Crippen LogP contribution in [0.2, 0.25) is 0 Å². The first kappa shape index (κ1) is 15.3. The van der Waals surface area contributed by atoms with Crippen molar-refractivity contribution in [3.63, 3.8) is 0 Å². The number of nitrogen functional groups attached to an aromatic ring is 1. The molecule has 2 atom stereocenters. The zero-order valence-electron chi connectivity index (χ0n) is 14.6. The Morgan fingerprint density at radius 1 is 1.35 bits per heavy atom. The van der Waals surface area contributed by atoms with Gasteiger partial charge in [0.15, 0.2) is 5.65 Å². The van der Waals surface area contributed by atoms with Crippen LogP contribution in [0.5, 0.6) is 0 Å². The first-order valence-electron chi connectivity index (χ1n) is 8.59. The second-order valence-electron chi connectivity index (χ2n) is 7.13. The summed E-state index contributed by atoms with van der Waals surface area (Å²) in [6.45, 7) is 5.60. The summed E-state index contributed by atoms with van der Waals surface area (Å²) in [5, 5.41) is 6.69. The lowest BCUT2D eigenvalue weighted by Gasteiger charge is -2.28. The van der Waals surface area contributed by atoms with Crippen molar-refractivity contribution in [2.24, 2.45) is 5.92 Å². The predicted octanol–water partition coefficient (Wildman–Crippen LogP) is 2.33. The number of pyridine rings is 1. The molecule has 0 amide bonds. The molecule has 0 aliphatic carbocycles. The Morgan fingerprint density at radius 3 is 3.04 bits per heavy atom. The van der Waals surface area contributed by atoms with Crippen LogP contribution in [0.15, 0.2) is 30.9 Å². The number of H-pyrrole nitrogens is 1. The van der Waals surface area contributed by atoms with Gasteiger partial charge in [-0.1, -0.05) is 6.92 Å². The fourth-order valence-corrected chi connectivity index (χ4v) is 3.64. The molecule has 0 radical (unpaired) electrons. The summed E-state index contributed by atoms with van der Waals surface area (Å²) < 4.78 is 7.67. The van der Waals surface area contributed by atoms with Crippen LogP contribution in [0.25, 0.3) is 33.3 Å². The first-order chi connectivity index (χ1) is 12.6. The van der Waals surface area contributed by atoms with Crippen LogP contribution < -0.4 is 5.73 Å². The number of aromatic amines is 1. The Kier molecular flexibility index (Phi) is 3.08. The highest BCUT2D eigenvalue weighted by atomic mass is 16.5. The van der Waals surface area contributed by atoms with Crippen molar-refractivity contribution in [1.29, 1.82) is 0 Å². The summed E-state index contributed by atoms with van der Waals surface area (Å²) in [7, 11) is 0. The van der Waals surface area contributed by atoms with E-state index in [2.05, 4.69) is 33.8 Å². The minimum Gasteiger partial charge on any atom is -0.383 e. The van der Waals surface area contributed by atoms with Crippen LogP contribution >= 0.6 is 0 Å². The molecule has 3 N–H and O–H groups in total. The van der Waals surface area contributed by atoms with Crippen LogP contribution in [0.1, 0.15) is 13.8 Å². The largest absolute Gasteiger partial charge is 0.383 e. The normalized spacial score (nSPS) is 23.2. The Hall–Kier alpha value is -3.00. The number of aromatic nitrogens is 6. The Morgan fingerprint density at radius 2 is 2.23 bits per heavy atom. The van der Waals surface area contributed by atoms with Crippen molar-refractivity contribution >= 4 is 27.9 Å². The minimum atomic E-state index is -0.289. The molecule has 1 saturated heterocycles. The highest BCUT2D eigenvalue weighted by Crippen LogP contribution is 2.38. The van der Waals surface area contributed by atoms with Crippen LogP contribution in [-0.4, -0.2) is 42.9 Å². The fourth-order valence-electron chi connectivity index (χ4n) is 3.64. The molecule has 26 heavy (non-hydrogen) atoms. The summed E-state index contributed by atoms with van der Waals surface area (Å²) in [5.74, 6) is 0.723. The minimum absolute atomic E-state index is 0.289. The Bertz CT molecular complexity index is 1130. The lowest BCUT2D eigenvalue weighted by atomic mass is 9.91. The molecule has 1 fully saturated rings. The van der Waals surface area contributed by atoms with Gasteiger partial charge in [0, 0.05) is 29.3 Å². The number of nitrogens with two attached hydrogens (primary N) is 1. The number of nitrogens with zero attached hydrogens (tertiary/aromatic N) is 5. The molecule has 4 aromatic rings. The predicted molar refractivity (Wildman–Crippen MR) is 98.5 cm³/mol. The summed E-state index contributed by atoms with van der Waals surface area (Å²) in [4.78, 5) is 16.3. The topological polar surface area (TPSA) is 108 Å². The first-order valence-corrected chi connectivity index (χ1v) is 8.59. The summed E-state index contributed by atoms with van der Waals surface area (Å²) in [6, 6.07) is 4.04. The molecule has 5 heterocycles. The number of hydrogen-bond acceptors (Lipinski definition) is 6. The van der Waals surface area contributed by atoms with Gasteiger partial charge in [-0.2, -0.15) is 5.10 Å². The van der Waals surface area contributed by atoms with Gasteiger partial charge < -0.3 is 15.5 Å². The van der Waals surface area contributed by atoms with E-state index in [0.29, 0.717) is 24.9 Å². The van der Waals surface area contributed by atoms with Gasteiger partial charge in [0.1, 0.15) is 23.5 Å². The number of anilines is 1.